The monoisotopic (exact) mass is 261 g/mol. The van der Waals surface area contributed by atoms with Gasteiger partial charge in [0.1, 0.15) is 0 Å². The van der Waals surface area contributed by atoms with E-state index in [1.165, 1.54) is 0 Å². The number of aromatic nitrogens is 2. The molecule has 94 valence electrons. The van der Waals surface area contributed by atoms with Gasteiger partial charge in [0.15, 0.2) is 0 Å². The van der Waals surface area contributed by atoms with Crippen molar-refractivity contribution in [3.63, 3.8) is 0 Å². The van der Waals surface area contributed by atoms with Crippen LogP contribution < -0.4 is 5.32 Å². The minimum absolute atomic E-state index is 0.0588. The first-order valence-corrected chi connectivity index (χ1v) is 6.87. The van der Waals surface area contributed by atoms with Crippen molar-refractivity contribution in [3.05, 3.63) is 47.8 Å². The van der Waals surface area contributed by atoms with Crippen molar-refractivity contribution in [2.24, 2.45) is 0 Å². The molecule has 0 aliphatic carbocycles. The summed E-state index contributed by atoms with van der Waals surface area (Å²) in [7, 11) is 0. The van der Waals surface area contributed by atoms with Gasteiger partial charge in [-0.05, 0) is 37.4 Å². The molecule has 0 bridgehead atoms. The lowest BCUT2D eigenvalue weighted by Gasteiger charge is -2.12. The van der Waals surface area contributed by atoms with E-state index < -0.39 is 0 Å². The van der Waals surface area contributed by atoms with E-state index in [-0.39, 0.29) is 11.9 Å². The number of aromatic amines is 1. The van der Waals surface area contributed by atoms with Gasteiger partial charge in [-0.15, -0.1) is 11.8 Å². The van der Waals surface area contributed by atoms with Crippen LogP contribution in [0.1, 0.15) is 28.9 Å². The second-order valence-corrected chi connectivity index (χ2v) is 4.83. The second kappa shape index (κ2) is 5.73. The summed E-state index contributed by atoms with van der Waals surface area (Å²) in [5.41, 5.74) is 1.63. The molecule has 0 radical (unpaired) electrons. The molecule has 1 atom stereocenters. The van der Waals surface area contributed by atoms with Crippen LogP contribution in [0.25, 0.3) is 0 Å². The molecule has 2 rings (SSSR count). The maximum absolute atomic E-state index is 12.0. The topological polar surface area (TPSA) is 57.8 Å². The lowest BCUT2D eigenvalue weighted by molar-refractivity contribution is 0.0940. The number of rotatable bonds is 4. The minimum atomic E-state index is -0.0728. The van der Waals surface area contributed by atoms with Gasteiger partial charge in [-0.3, -0.25) is 9.89 Å². The van der Waals surface area contributed by atoms with Gasteiger partial charge < -0.3 is 5.32 Å². The van der Waals surface area contributed by atoms with Crippen molar-refractivity contribution < 1.29 is 4.79 Å². The molecule has 4 nitrogen and oxygen atoms in total. The number of benzene rings is 1. The van der Waals surface area contributed by atoms with Gasteiger partial charge in [-0.2, -0.15) is 5.10 Å². The Balaban J connectivity index is 2.03. The van der Waals surface area contributed by atoms with E-state index in [1.54, 1.807) is 24.2 Å². The maximum atomic E-state index is 12.0. The van der Waals surface area contributed by atoms with Crippen LogP contribution in [-0.4, -0.2) is 22.4 Å². The normalized spacial score (nSPS) is 12.1. The van der Waals surface area contributed by atoms with Crippen LogP contribution in [0, 0.1) is 0 Å². The van der Waals surface area contributed by atoms with Crippen LogP contribution in [0.2, 0.25) is 0 Å². The Hall–Kier alpha value is -1.75. The van der Waals surface area contributed by atoms with Gasteiger partial charge in [0, 0.05) is 22.2 Å². The Labute approximate surface area is 110 Å². The summed E-state index contributed by atoms with van der Waals surface area (Å²) in [6.45, 7) is 1.93. The number of amides is 1. The molecule has 0 aliphatic heterocycles. The highest BCUT2D eigenvalue weighted by atomic mass is 32.2. The van der Waals surface area contributed by atoms with Gasteiger partial charge in [0.2, 0.25) is 0 Å². The summed E-state index contributed by atoms with van der Waals surface area (Å²) in [4.78, 5) is 13.1. The Morgan fingerprint density at radius 2 is 2.11 bits per heavy atom. The molecule has 5 heteroatoms. The fourth-order valence-electron chi connectivity index (χ4n) is 1.60. The zero-order valence-corrected chi connectivity index (χ0v) is 11.1. The number of H-pyrrole nitrogens is 1. The van der Waals surface area contributed by atoms with E-state index in [0.29, 0.717) is 5.56 Å². The van der Waals surface area contributed by atoms with Gasteiger partial charge in [-0.25, -0.2) is 0 Å². The van der Waals surface area contributed by atoms with Crippen LogP contribution in [0.4, 0.5) is 0 Å². The van der Waals surface area contributed by atoms with E-state index in [1.807, 2.05) is 37.4 Å². The lowest BCUT2D eigenvalue weighted by Crippen LogP contribution is -2.26. The fraction of sp³-hybridized carbons (Fsp3) is 0.231. The Bertz CT molecular complexity index is 508. The van der Waals surface area contributed by atoms with Crippen LogP contribution in [-0.2, 0) is 0 Å². The Morgan fingerprint density at radius 3 is 2.67 bits per heavy atom. The van der Waals surface area contributed by atoms with Gasteiger partial charge in [0.05, 0.1) is 12.2 Å². The van der Waals surface area contributed by atoms with E-state index in [2.05, 4.69) is 15.5 Å². The molecule has 1 amide bonds. The van der Waals surface area contributed by atoms with Crippen molar-refractivity contribution in [2.75, 3.05) is 6.26 Å². The van der Waals surface area contributed by atoms with Crippen molar-refractivity contribution in [2.45, 2.75) is 17.9 Å². The highest BCUT2D eigenvalue weighted by molar-refractivity contribution is 7.98. The van der Waals surface area contributed by atoms with Crippen LogP contribution >= 0.6 is 11.8 Å². The van der Waals surface area contributed by atoms with Gasteiger partial charge in [-0.1, -0.05) is 0 Å². The summed E-state index contributed by atoms with van der Waals surface area (Å²) in [5, 5.41) is 9.53. The first kappa shape index (κ1) is 12.7. The summed E-state index contributed by atoms with van der Waals surface area (Å²) in [5.74, 6) is -0.0728. The van der Waals surface area contributed by atoms with Crippen molar-refractivity contribution in [3.8, 4) is 0 Å². The molecule has 0 aliphatic rings. The molecule has 2 aromatic rings. The molecule has 0 fully saturated rings. The second-order valence-electron chi connectivity index (χ2n) is 3.96. The number of carbonyl (C=O) groups excluding carboxylic acids is 1. The molecular formula is C13H15N3OS. The zero-order chi connectivity index (χ0) is 13.0. The summed E-state index contributed by atoms with van der Waals surface area (Å²) in [6.07, 6.45) is 5.50. The van der Waals surface area contributed by atoms with E-state index in [9.17, 15) is 4.79 Å². The highest BCUT2D eigenvalue weighted by Gasteiger charge is 2.11. The van der Waals surface area contributed by atoms with Gasteiger partial charge in [0.25, 0.3) is 5.91 Å². The van der Waals surface area contributed by atoms with Crippen LogP contribution in [0.3, 0.4) is 0 Å². The smallest absolute Gasteiger partial charge is 0.251 e. The lowest BCUT2D eigenvalue weighted by atomic mass is 10.1. The Morgan fingerprint density at radius 1 is 1.39 bits per heavy atom. The molecular weight excluding hydrogens is 246 g/mol. The quantitative estimate of drug-likeness (QED) is 0.832. The first-order valence-electron chi connectivity index (χ1n) is 5.64. The first-order chi connectivity index (χ1) is 8.70. The third-order valence-corrected chi connectivity index (χ3v) is 3.46. The predicted molar refractivity (Wildman–Crippen MR) is 72.7 cm³/mol. The Kier molecular flexibility index (Phi) is 4.04. The third kappa shape index (κ3) is 2.92. The minimum Gasteiger partial charge on any atom is -0.345 e. The average molecular weight is 261 g/mol. The van der Waals surface area contributed by atoms with Crippen LogP contribution in [0.5, 0.6) is 0 Å². The molecule has 1 unspecified atom stereocenters. The zero-order valence-electron chi connectivity index (χ0n) is 10.3. The fourth-order valence-corrected chi connectivity index (χ4v) is 2.01. The molecule has 1 heterocycles. The van der Waals surface area contributed by atoms with Crippen molar-refractivity contribution >= 4 is 17.7 Å². The number of hydrogen-bond acceptors (Lipinski definition) is 3. The molecule has 2 N–H and O–H groups in total. The van der Waals surface area contributed by atoms with Crippen LogP contribution in [0.15, 0.2) is 41.6 Å². The largest absolute Gasteiger partial charge is 0.345 e. The molecule has 1 aromatic carbocycles. The van der Waals surface area contributed by atoms with E-state index in [0.717, 1.165) is 10.5 Å². The number of nitrogens with one attached hydrogen (secondary N) is 2. The average Bonchev–Trinajstić information content (AvgIpc) is 2.92. The van der Waals surface area contributed by atoms with Gasteiger partial charge >= 0.3 is 0 Å². The molecule has 1 aromatic heterocycles. The van der Waals surface area contributed by atoms with Crippen molar-refractivity contribution in [1.82, 2.24) is 15.5 Å². The number of carbonyl (C=O) groups is 1. The SMILES string of the molecule is CSc1ccc(C(=O)NC(C)c2cn[nH]c2)cc1. The third-order valence-electron chi connectivity index (χ3n) is 2.72. The summed E-state index contributed by atoms with van der Waals surface area (Å²) < 4.78 is 0. The summed E-state index contributed by atoms with van der Waals surface area (Å²) >= 11 is 1.66. The number of thioether (sulfide) groups is 1. The summed E-state index contributed by atoms with van der Waals surface area (Å²) in [6, 6.07) is 7.51. The van der Waals surface area contributed by atoms with E-state index >= 15 is 0 Å². The van der Waals surface area contributed by atoms with E-state index in [4.69, 9.17) is 0 Å². The molecule has 0 saturated carbocycles. The van der Waals surface area contributed by atoms with Crippen molar-refractivity contribution in [1.29, 1.82) is 0 Å². The standard InChI is InChI=1S/C13H15N3OS/c1-9(11-7-14-15-8-11)16-13(17)10-3-5-12(18-2)6-4-10/h3-9H,1-2H3,(H,14,15)(H,16,17). The maximum Gasteiger partial charge on any atom is 0.251 e. The number of nitrogens with zero attached hydrogens (tertiary/aromatic N) is 1. The molecule has 0 saturated heterocycles. The molecule has 0 spiro atoms. The predicted octanol–water partition coefficient (Wildman–Crippen LogP) is 2.62. The molecule has 18 heavy (non-hydrogen) atoms. The highest BCUT2D eigenvalue weighted by Crippen LogP contribution is 2.16. The number of hydrogen-bond donors (Lipinski definition) is 2.